The summed E-state index contributed by atoms with van der Waals surface area (Å²) in [6.07, 6.45) is 1.73. The van der Waals surface area contributed by atoms with E-state index < -0.39 is 0 Å². The molecule has 0 radical (unpaired) electrons. The van der Waals surface area contributed by atoms with Crippen LogP contribution in [-0.4, -0.2) is 10.9 Å². The molecule has 0 aromatic carbocycles. The Hall–Kier alpha value is -0.940. The number of aromatic nitrogens is 1. The Kier molecular flexibility index (Phi) is 4.55. The standard InChI is InChI=1S/C9H10N2OS2/c1-7(9(10)12)6-13-14-8-4-2-3-5-11-8/h2-6H,1H3,(H2,10,12)/b7-6+. The number of hydrogen-bond donors (Lipinski definition) is 1. The van der Waals surface area contributed by atoms with E-state index >= 15 is 0 Å². The van der Waals surface area contributed by atoms with Gasteiger partial charge in [-0.3, -0.25) is 4.79 Å². The zero-order chi connectivity index (χ0) is 10.4. The van der Waals surface area contributed by atoms with Crippen molar-refractivity contribution in [1.29, 1.82) is 0 Å². The molecule has 0 spiro atoms. The van der Waals surface area contributed by atoms with Gasteiger partial charge in [-0.1, -0.05) is 16.9 Å². The second-order valence-corrected chi connectivity index (χ2v) is 4.60. The first-order chi connectivity index (χ1) is 6.70. The van der Waals surface area contributed by atoms with Crippen LogP contribution in [0.4, 0.5) is 0 Å². The minimum absolute atomic E-state index is 0.390. The van der Waals surface area contributed by atoms with Gasteiger partial charge in [0.25, 0.3) is 0 Å². The minimum Gasteiger partial charge on any atom is -0.366 e. The molecule has 0 atom stereocenters. The molecule has 0 saturated carbocycles. The molecule has 0 bridgehead atoms. The Morgan fingerprint density at radius 2 is 2.36 bits per heavy atom. The van der Waals surface area contributed by atoms with Gasteiger partial charge >= 0.3 is 0 Å². The zero-order valence-electron chi connectivity index (χ0n) is 7.64. The molecule has 3 nitrogen and oxygen atoms in total. The maximum atomic E-state index is 10.7. The van der Waals surface area contributed by atoms with E-state index in [1.54, 1.807) is 18.5 Å². The quantitative estimate of drug-likeness (QED) is 0.631. The highest BCUT2D eigenvalue weighted by atomic mass is 33.1. The number of primary amides is 1. The lowest BCUT2D eigenvalue weighted by Gasteiger charge is -1.95. The van der Waals surface area contributed by atoms with Gasteiger partial charge < -0.3 is 5.73 Å². The minimum atomic E-state index is -0.390. The van der Waals surface area contributed by atoms with Gasteiger partial charge in [0.1, 0.15) is 5.03 Å². The molecule has 5 heteroatoms. The molecular weight excluding hydrogens is 216 g/mol. The average molecular weight is 226 g/mol. The van der Waals surface area contributed by atoms with Crippen LogP contribution in [0.25, 0.3) is 0 Å². The fraction of sp³-hybridized carbons (Fsp3) is 0.111. The molecule has 0 fully saturated rings. The maximum absolute atomic E-state index is 10.7. The van der Waals surface area contributed by atoms with E-state index in [9.17, 15) is 4.79 Å². The summed E-state index contributed by atoms with van der Waals surface area (Å²) in [6, 6.07) is 5.69. The molecule has 1 rings (SSSR count). The summed E-state index contributed by atoms with van der Waals surface area (Å²) >= 11 is 0. The van der Waals surface area contributed by atoms with Crippen molar-refractivity contribution < 1.29 is 4.79 Å². The number of rotatable bonds is 4. The molecule has 0 aliphatic rings. The second-order valence-electron chi connectivity index (χ2n) is 2.51. The largest absolute Gasteiger partial charge is 0.366 e. The van der Waals surface area contributed by atoms with Crippen LogP contribution in [0.15, 0.2) is 40.4 Å². The zero-order valence-corrected chi connectivity index (χ0v) is 9.27. The Labute approximate surface area is 90.6 Å². The summed E-state index contributed by atoms with van der Waals surface area (Å²) in [4.78, 5) is 14.8. The Bertz CT molecular complexity index is 338. The van der Waals surface area contributed by atoms with Gasteiger partial charge in [-0.2, -0.15) is 0 Å². The van der Waals surface area contributed by atoms with E-state index in [0.29, 0.717) is 5.57 Å². The highest BCUT2D eigenvalue weighted by Gasteiger charge is 1.97. The highest BCUT2D eigenvalue weighted by molar-refractivity contribution is 8.77. The lowest BCUT2D eigenvalue weighted by Crippen LogP contribution is -2.10. The molecule has 2 N–H and O–H groups in total. The van der Waals surface area contributed by atoms with E-state index in [1.807, 2.05) is 18.2 Å². The van der Waals surface area contributed by atoms with Gasteiger partial charge in [0.05, 0.1) is 0 Å². The molecule has 1 aromatic rings. The van der Waals surface area contributed by atoms with Crippen molar-refractivity contribution in [2.75, 3.05) is 0 Å². The third kappa shape index (κ3) is 3.85. The van der Waals surface area contributed by atoms with E-state index in [0.717, 1.165) is 5.03 Å². The second kappa shape index (κ2) is 5.72. The van der Waals surface area contributed by atoms with Crippen molar-refractivity contribution in [3.8, 4) is 0 Å². The SMILES string of the molecule is C/C(=C\SSc1ccccn1)C(N)=O. The number of carbonyl (C=O) groups excluding carboxylic acids is 1. The summed E-state index contributed by atoms with van der Waals surface area (Å²) in [6.45, 7) is 1.69. The molecule has 0 aliphatic heterocycles. The number of nitrogens with zero attached hydrogens (tertiary/aromatic N) is 1. The normalized spacial score (nSPS) is 11.4. The van der Waals surface area contributed by atoms with Crippen molar-refractivity contribution in [1.82, 2.24) is 4.98 Å². The molecule has 1 aromatic heterocycles. The molecular formula is C9H10N2OS2. The third-order valence-corrected chi connectivity index (χ3v) is 3.43. The summed E-state index contributed by atoms with van der Waals surface area (Å²) in [5.74, 6) is -0.390. The van der Waals surface area contributed by atoms with Crippen molar-refractivity contribution >= 4 is 27.5 Å². The molecule has 1 heterocycles. The summed E-state index contributed by atoms with van der Waals surface area (Å²) < 4.78 is 0. The van der Waals surface area contributed by atoms with Crippen LogP contribution in [0.3, 0.4) is 0 Å². The summed E-state index contributed by atoms with van der Waals surface area (Å²) in [5, 5.41) is 2.63. The van der Waals surface area contributed by atoms with Crippen LogP contribution in [0.5, 0.6) is 0 Å². The van der Waals surface area contributed by atoms with Crippen molar-refractivity contribution in [2.45, 2.75) is 11.9 Å². The number of pyridine rings is 1. The molecule has 0 saturated heterocycles. The fourth-order valence-electron chi connectivity index (χ4n) is 0.600. The van der Waals surface area contributed by atoms with Crippen LogP contribution < -0.4 is 5.73 Å². The van der Waals surface area contributed by atoms with E-state index in [1.165, 1.54) is 21.6 Å². The number of hydrogen-bond acceptors (Lipinski definition) is 4. The maximum Gasteiger partial charge on any atom is 0.244 e. The Morgan fingerprint density at radius 1 is 1.57 bits per heavy atom. The number of carbonyl (C=O) groups is 1. The average Bonchev–Trinajstić information content (AvgIpc) is 2.19. The van der Waals surface area contributed by atoms with Gasteiger partial charge in [-0.15, -0.1) is 0 Å². The highest BCUT2D eigenvalue weighted by Crippen LogP contribution is 2.30. The lowest BCUT2D eigenvalue weighted by molar-refractivity contribution is -0.114. The number of amides is 1. The summed E-state index contributed by atoms with van der Waals surface area (Å²) in [7, 11) is 2.92. The molecule has 14 heavy (non-hydrogen) atoms. The predicted octanol–water partition coefficient (Wildman–Crippen LogP) is 2.21. The van der Waals surface area contributed by atoms with Gasteiger partial charge in [0, 0.05) is 11.8 Å². The van der Waals surface area contributed by atoms with E-state index in [4.69, 9.17) is 5.73 Å². The van der Waals surface area contributed by atoms with Crippen LogP contribution >= 0.6 is 21.6 Å². The van der Waals surface area contributed by atoms with Crippen molar-refractivity contribution in [3.63, 3.8) is 0 Å². The van der Waals surface area contributed by atoms with Gasteiger partial charge in [0.15, 0.2) is 0 Å². The fourth-order valence-corrected chi connectivity index (χ4v) is 2.41. The van der Waals surface area contributed by atoms with E-state index in [-0.39, 0.29) is 5.91 Å². The van der Waals surface area contributed by atoms with E-state index in [2.05, 4.69) is 4.98 Å². The van der Waals surface area contributed by atoms with Crippen molar-refractivity contribution in [2.24, 2.45) is 5.73 Å². The summed E-state index contributed by atoms with van der Waals surface area (Å²) in [5.41, 5.74) is 5.62. The monoisotopic (exact) mass is 226 g/mol. The predicted molar refractivity (Wildman–Crippen MR) is 60.6 cm³/mol. The van der Waals surface area contributed by atoms with Crippen LogP contribution in [0, 0.1) is 0 Å². The van der Waals surface area contributed by atoms with Crippen LogP contribution in [-0.2, 0) is 4.79 Å². The Morgan fingerprint density at radius 3 is 2.93 bits per heavy atom. The van der Waals surface area contributed by atoms with Gasteiger partial charge in [0.2, 0.25) is 5.91 Å². The molecule has 0 aliphatic carbocycles. The van der Waals surface area contributed by atoms with Crippen LogP contribution in [0.1, 0.15) is 6.92 Å². The molecule has 74 valence electrons. The Balaban J connectivity index is 2.43. The first-order valence-electron chi connectivity index (χ1n) is 3.91. The third-order valence-electron chi connectivity index (χ3n) is 1.38. The first kappa shape index (κ1) is 11.1. The van der Waals surface area contributed by atoms with Crippen LogP contribution in [0.2, 0.25) is 0 Å². The number of nitrogens with two attached hydrogens (primary N) is 1. The molecule has 1 amide bonds. The van der Waals surface area contributed by atoms with Gasteiger partial charge in [-0.05, 0) is 35.3 Å². The lowest BCUT2D eigenvalue weighted by atomic mass is 10.3. The smallest absolute Gasteiger partial charge is 0.244 e. The first-order valence-corrected chi connectivity index (χ1v) is 6.12. The van der Waals surface area contributed by atoms with Crippen molar-refractivity contribution in [3.05, 3.63) is 35.4 Å². The van der Waals surface area contributed by atoms with Gasteiger partial charge in [-0.25, -0.2) is 4.98 Å². The molecule has 0 unspecified atom stereocenters. The topological polar surface area (TPSA) is 56.0 Å².